The largest absolute Gasteiger partial charge is 0.392 e. The van der Waals surface area contributed by atoms with Gasteiger partial charge >= 0.3 is 0 Å². The lowest BCUT2D eigenvalue weighted by molar-refractivity contribution is 0.0318. The fourth-order valence-electron chi connectivity index (χ4n) is 3.10. The van der Waals surface area contributed by atoms with Crippen molar-refractivity contribution < 1.29 is 9.84 Å². The molecule has 26 heavy (non-hydrogen) atoms. The third-order valence-electron chi connectivity index (χ3n) is 4.28. The maximum Gasteiger partial charge on any atom is 0.144 e. The summed E-state index contributed by atoms with van der Waals surface area (Å²) in [6.07, 6.45) is 3.51. The summed E-state index contributed by atoms with van der Waals surface area (Å²) < 4.78 is 6.49. The van der Waals surface area contributed by atoms with Gasteiger partial charge in [0.05, 0.1) is 13.2 Å². The van der Waals surface area contributed by atoms with Crippen LogP contribution in [-0.4, -0.2) is 18.3 Å². The molecule has 0 bridgehead atoms. The molecule has 3 rings (SSSR count). The van der Waals surface area contributed by atoms with E-state index in [-0.39, 0.29) is 6.61 Å². The van der Waals surface area contributed by atoms with Crippen molar-refractivity contribution in [2.45, 2.75) is 5.60 Å². The first-order valence-electron chi connectivity index (χ1n) is 8.54. The minimum Gasteiger partial charge on any atom is -0.392 e. The fraction of sp³-hybridized carbons (Fsp3) is 0.130. The number of rotatable bonds is 7. The molecule has 3 heteroatoms. The Morgan fingerprint density at radius 2 is 1.23 bits per heavy atom. The molecule has 0 fully saturated rings. The molecule has 0 heterocycles. The first-order chi connectivity index (χ1) is 12.8. The van der Waals surface area contributed by atoms with Crippen molar-refractivity contribution in [2.24, 2.45) is 0 Å². The quantitative estimate of drug-likeness (QED) is 0.461. The number of hydrogen-bond donors (Lipinski definition) is 1. The van der Waals surface area contributed by atoms with Gasteiger partial charge < -0.3 is 9.84 Å². The van der Waals surface area contributed by atoms with Crippen LogP contribution in [0.4, 0.5) is 0 Å². The monoisotopic (exact) mass is 364 g/mol. The Morgan fingerprint density at radius 1 is 0.731 bits per heavy atom. The molecule has 0 atom stereocenters. The minimum absolute atomic E-state index is 0.00597. The lowest BCUT2D eigenvalue weighted by Crippen LogP contribution is -2.33. The normalized spacial score (nSPS) is 11.8. The van der Waals surface area contributed by atoms with Gasteiger partial charge in [-0.2, -0.15) is 0 Å². The summed E-state index contributed by atoms with van der Waals surface area (Å²) in [5, 5.41) is 9.70. The van der Waals surface area contributed by atoms with Crippen molar-refractivity contribution in [3.63, 3.8) is 0 Å². The second-order valence-corrected chi connectivity index (χ2v) is 6.32. The Labute approximate surface area is 159 Å². The third kappa shape index (κ3) is 3.88. The van der Waals surface area contributed by atoms with E-state index in [0.29, 0.717) is 11.6 Å². The number of aliphatic hydroxyl groups excluding tert-OH is 1. The summed E-state index contributed by atoms with van der Waals surface area (Å²) in [6, 6.07) is 28.0. The second-order valence-electron chi connectivity index (χ2n) is 5.89. The molecule has 0 saturated carbocycles. The van der Waals surface area contributed by atoms with Gasteiger partial charge in [-0.3, -0.25) is 0 Å². The minimum atomic E-state index is -0.771. The highest BCUT2D eigenvalue weighted by atomic mass is 35.5. The zero-order valence-corrected chi connectivity index (χ0v) is 15.1. The maximum absolute atomic E-state index is 9.02. The van der Waals surface area contributed by atoms with Gasteiger partial charge in [-0.1, -0.05) is 96.5 Å². The van der Waals surface area contributed by atoms with Crippen molar-refractivity contribution in [3.05, 3.63) is 119 Å². The van der Waals surface area contributed by atoms with Gasteiger partial charge in [0.2, 0.25) is 0 Å². The van der Waals surface area contributed by atoms with Gasteiger partial charge in [-0.25, -0.2) is 0 Å². The molecule has 0 aliphatic heterocycles. The Morgan fingerprint density at radius 3 is 1.73 bits per heavy atom. The van der Waals surface area contributed by atoms with Crippen LogP contribution in [0.3, 0.4) is 0 Å². The Hall–Kier alpha value is -2.39. The van der Waals surface area contributed by atoms with E-state index >= 15 is 0 Å². The van der Waals surface area contributed by atoms with Crippen molar-refractivity contribution in [1.82, 2.24) is 0 Å². The maximum atomic E-state index is 9.02. The molecular weight excluding hydrogens is 344 g/mol. The molecule has 2 nitrogen and oxygen atoms in total. The van der Waals surface area contributed by atoms with Gasteiger partial charge in [0.25, 0.3) is 0 Å². The van der Waals surface area contributed by atoms with E-state index in [1.807, 2.05) is 66.7 Å². The molecule has 132 valence electrons. The molecule has 0 amide bonds. The van der Waals surface area contributed by atoms with Gasteiger partial charge in [0.1, 0.15) is 5.60 Å². The summed E-state index contributed by atoms with van der Waals surface area (Å²) in [7, 11) is 0. The van der Waals surface area contributed by atoms with Gasteiger partial charge in [-0.05, 0) is 28.8 Å². The van der Waals surface area contributed by atoms with Crippen LogP contribution in [0.25, 0.3) is 0 Å². The first kappa shape index (κ1) is 18.4. The zero-order valence-electron chi connectivity index (χ0n) is 14.4. The molecule has 0 aliphatic rings. The van der Waals surface area contributed by atoms with Crippen LogP contribution in [0.2, 0.25) is 5.02 Å². The molecule has 0 spiro atoms. The topological polar surface area (TPSA) is 29.5 Å². The highest BCUT2D eigenvalue weighted by Crippen LogP contribution is 2.40. The van der Waals surface area contributed by atoms with E-state index < -0.39 is 5.60 Å². The van der Waals surface area contributed by atoms with E-state index in [4.69, 9.17) is 21.4 Å². The smallest absolute Gasteiger partial charge is 0.144 e. The van der Waals surface area contributed by atoms with Crippen LogP contribution >= 0.6 is 11.6 Å². The molecule has 0 radical (unpaired) electrons. The number of aliphatic hydroxyl groups is 1. The van der Waals surface area contributed by atoms with Crippen LogP contribution in [0.1, 0.15) is 16.7 Å². The Kier molecular flexibility index (Phi) is 6.24. The number of benzene rings is 3. The molecule has 0 aromatic heterocycles. The van der Waals surface area contributed by atoms with E-state index in [1.165, 1.54) is 0 Å². The number of hydrogen-bond acceptors (Lipinski definition) is 2. The zero-order chi connectivity index (χ0) is 18.2. The molecule has 0 aliphatic carbocycles. The first-order valence-corrected chi connectivity index (χ1v) is 8.92. The van der Waals surface area contributed by atoms with Crippen LogP contribution in [-0.2, 0) is 10.3 Å². The molecule has 0 unspecified atom stereocenters. The van der Waals surface area contributed by atoms with Crippen LogP contribution in [0.15, 0.2) is 97.1 Å². The standard InChI is InChI=1S/C23H21ClO2/c24-22-15-13-21(14-16-22)23(26-18-8-7-17-25,19-9-3-1-4-10-19)20-11-5-2-6-12-20/h1-16,25H,17-18H2. The van der Waals surface area contributed by atoms with Crippen molar-refractivity contribution in [1.29, 1.82) is 0 Å². The molecule has 1 N–H and O–H groups in total. The molecule has 3 aromatic carbocycles. The molecular formula is C23H21ClO2. The van der Waals surface area contributed by atoms with Crippen LogP contribution < -0.4 is 0 Å². The highest BCUT2D eigenvalue weighted by molar-refractivity contribution is 6.30. The van der Waals surface area contributed by atoms with Crippen molar-refractivity contribution in [3.8, 4) is 0 Å². The Balaban J connectivity index is 2.19. The average Bonchev–Trinajstić information content (AvgIpc) is 2.71. The number of halogens is 1. The summed E-state index contributed by atoms with van der Waals surface area (Å²) in [5.74, 6) is 0. The summed E-state index contributed by atoms with van der Waals surface area (Å²) in [5.41, 5.74) is 2.29. The predicted octanol–water partition coefficient (Wildman–Crippen LogP) is 5.20. The van der Waals surface area contributed by atoms with Gasteiger partial charge in [-0.15, -0.1) is 0 Å². The van der Waals surface area contributed by atoms with Crippen LogP contribution in [0, 0.1) is 0 Å². The summed E-state index contributed by atoms with van der Waals surface area (Å²) >= 11 is 6.12. The SMILES string of the molecule is OCC=CCOC(c1ccccc1)(c1ccccc1)c1ccc(Cl)cc1. The average molecular weight is 365 g/mol. The second kappa shape index (κ2) is 8.81. The van der Waals surface area contributed by atoms with Gasteiger partial charge in [0.15, 0.2) is 0 Å². The third-order valence-corrected chi connectivity index (χ3v) is 4.53. The summed E-state index contributed by atoms with van der Waals surface area (Å²) in [4.78, 5) is 0. The van der Waals surface area contributed by atoms with E-state index in [0.717, 1.165) is 16.7 Å². The summed E-state index contributed by atoms with van der Waals surface area (Å²) in [6.45, 7) is 0.362. The fourth-order valence-corrected chi connectivity index (χ4v) is 3.22. The van der Waals surface area contributed by atoms with Gasteiger partial charge in [0, 0.05) is 5.02 Å². The van der Waals surface area contributed by atoms with Crippen LogP contribution in [0.5, 0.6) is 0 Å². The van der Waals surface area contributed by atoms with E-state index in [1.54, 1.807) is 6.08 Å². The number of ether oxygens (including phenoxy) is 1. The lowest BCUT2D eigenvalue weighted by Gasteiger charge is -2.35. The predicted molar refractivity (Wildman–Crippen MR) is 106 cm³/mol. The van der Waals surface area contributed by atoms with E-state index in [2.05, 4.69) is 24.3 Å². The van der Waals surface area contributed by atoms with Crippen molar-refractivity contribution in [2.75, 3.05) is 13.2 Å². The van der Waals surface area contributed by atoms with E-state index in [9.17, 15) is 0 Å². The highest BCUT2D eigenvalue weighted by Gasteiger charge is 2.37. The lowest BCUT2D eigenvalue weighted by atomic mass is 9.80. The Bertz CT molecular complexity index is 788. The molecule has 3 aromatic rings. The molecule has 0 saturated heterocycles. The van der Waals surface area contributed by atoms with Crippen molar-refractivity contribution >= 4 is 11.6 Å².